The van der Waals surface area contributed by atoms with Crippen molar-refractivity contribution >= 4 is 13.8 Å². The molecule has 0 saturated carbocycles. The van der Waals surface area contributed by atoms with Crippen molar-refractivity contribution in [1.82, 2.24) is 0 Å². The number of carbonyl (C=O) groups is 1. The number of hydrogen-bond donors (Lipinski definition) is 2. The molecule has 298 valence electrons. The van der Waals surface area contributed by atoms with Crippen molar-refractivity contribution in [1.29, 1.82) is 0 Å². The minimum Gasteiger partial charge on any atom is -0.457 e. The number of esters is 1. The van der Waals surface area contributed by atoms with Crippen LogP contribution in [0.15, 0.2) is 48.6 Å². The Morgan fingerprint density at radius 2 is 1.06 bits per heavy atom. The first-order valence-electron chi connectivity index (χ1n) is 20.6. The van der Waals surface area contributed by atoms with Crippen LogP contribution in [0.3, 0.4) is 0 Å². The van der Waals surface area contributed by atoms with Gasteiger partial charge in [0.05, 0.1) is 19.8 Å². The SMILES string of the molecule is CC/C=C\C/C=C\C/C=C\C/C=C\CCC(=O)OC(COCCCCCCCCCCCCCCCCCCCCC)COP(=O)(O)OCCN. The van der Waals surface area contributed by atoms with Crippen molar-refractivity contribution in [3.63, 3.8) is 0 Å². The molecule has 0 bridgehead atoms. The number of phosphoric ester groups is 1. The Bertz CT molecular complexity index is 921. The summed E-state index contributed by atoms with van der Waals surface area (Å²) in [6, 6.07) is 0. The van der Waals surface area contributed by atoms with Crippen LogP contribution in [0.2, 0.25) is 0 Å². The fraction of sp³-hybridized carbons (Fsp3) is 0.786. The second kappa shape index (κ2) is 39.7. The zero-order valence-corrected chi connectivity index (χ0v) is 33.7. The smallest absolute Gasteiger partial charge is 0.457 e. The van der Waals surface area contributed by atoms with Gasteiger partial charge in [0, 0.05) is 19.6 Å². The van der Waals surface area contributed by atoms with Gasteiger partial charge in [-0.3, -0.25) is 13.8 Å². The van der Waals surface area contributed by atoms with Gasteiger partial charge in [-0.1, -0.05) is 178 Å². The Morgan fingerprint density at radius 1 is 0.608 bits per heavy atom. The highest BCUT2D eigenvalue weighted by Gasteiger charge is 2.25. The fourth-order valence-electron chi connectivity index (χ4n) is 5.54. The molecule has 0 aromatic heterocycles. The number of unbranched alkanes of at least 4 members (excludes halogenated alkanes) is 18. The number of nitrogens with two attached hydrogens (primary N) is 1. The highest BCUT2D eigenvalue weighted by molar-refractivity contribution is 7.47. The summed E-state index contributed by atoms with van der Waals surface area (Å²) in [7, 11) is -4.29. The molecular weight excluding hydrogens is 661 g/mol. The molecule has 0 aliphatic carbocycles. The van der Waals surface area contributed by atoms with E-state index < -0.39 is 19.9 Å². The maximum atomic E-state index is 12.5. The van der Waals surface area contributed by atoms with Gasteiger partial charge in [0.1, 0.15) is 6.10 Å². The fourth-order valence-corrected chi connectivity index (χ4v) is 6.31. The molecule has 0 aromatic carbocycles. The molecule has 51 heavy (non-hydrogen) atoms. The number of rotatable bonds is 39. The first-order valence-corrected chi connectivity index (χ1v) is 22.1. The van der Waals surface area contributed by atoms with E-state index >= 15 is 0 Å². The van der Waals surface area contributed by atoms with Crippen LogP contribution in [0.1, 0.15) is 174 Å². The second-order valence-electron chi connectivity index (χ2n) is 13.5. The summed E-state index contributed by atoms with van der Waals surface area (Å²) in [4.78, 5) is 22.4. The molecule has 9 heteroatoms. The average molecular weight is 740 g/mol. The van der Waals surface area contributed by atoms with E-state index in [-0.39, 0.29) is 32.8 Å². The van der Waals surface area contributed by atoms with Gasteiger partial charge in [-0.25, -0.2) is 4.57 Å². The normalized spacial score (nSPS) is 14.0. The quantitative estimate of drug-likeness (QED) is 0.0277. The van der Waals surface area contributed by atoms with Gasteiger partial charge in [0.15, 0.2) is 0 Å². The number of hydrogen-bond acceptors (Lipinski definition) is 7. The Balaban J connectivity index is 4.07. The first kappa shape index (κ1) is 49.5. The van der Waals surface area contributed by atoms with Gasteiger partial charge < -0.3 is 20.1 Å². The molecule has 0 rings (SSSR count). The van der Waals surface area contributed by atoms with Gasteiger partial charge >= 0.3 is 13.8 Å². The van der Waals surface area contributed by atoms with E-state index in [2.05, 4.69) is 50.3 Å². The molecule has 0 fully saturated rings. The third-order valence-corrected chi connectivity index (χ3v) is 9.51. The van der Waals surface area contributed by atoms with Crippen LogP contribution in [-0.2, 0) is 27.9 Å². The van der Waals surface area contributed by atoms with E-state index in [4.69, 9.17) is 24.3 Å². The molecule has 0 spiro atoms. The van der Waals surface area contributed by atoms with Gasteiger partial charge in [0.25, 0.3) is 0 Å². The Kier molecular flexibility index (Phi) is 38.5. The molecule has 0 saturated heterocycles. The maximum Gasteiger partial charge on any atom is 0.472 e. The largest absolute Gasteiger partial charge is 0.472 e. The summed E-state index contributed by atoms with van der Waals surface area (Å²) >= 11 is 0. The predicted octanol–water partition coefficient (Wildman–Crippen LogP) is 12.0. The summed E-state index contributed by atoms with van der Waals surface area (Å²) in [5.41, 5.74) is 5.35. The van der Waals surface area contributed by atoms with Crippen LogP contribution >= 0.6 is 7.82 Å². The summed E-state index contributed by atoms with van der Waals surface area (Å²) in [5, 5.41) is 0. The van der Waals surface area contributed by atoms with Crippen molar-refractivity contribution < 1.29 is 32.8 Å². The lowest BCUT2D eigenvalue weighted by Gasteiger charge is -2.20. The Hall–Kier alpha value is -1.54. The molecule has 2 unspecified atom stereocenters. The van der Waals surface area contributed by atoms with E-state index in [9.17, 15) is 14.3 Å². The first-order chi connectivity index (χ1) is 24.9. The van der Waals surface area contributed by atoms with Crippen LogP contribution in [0, 0.1) is 0 Å². The molecule has 0 aromatic rings. The zero-order valence-electron chi connectivity index (χ0n) is 32.8. The van der Waals surface area contributed by atoms with Crippen molar-refractivity contribution in [2.75, 3.05) is 33.0 Å². The van der Waals surface area contributed by atoms with E-state index in [0.717, 1.165) is 38.5 Å². The third-order valence-electron chi connectivity index (χ3n) is 8.52. The van der Waals surface area contributed by atoms with Crippen molar-refractivity contribution in [3.8, 4) is 0 Å². The summed E-state index contributed by atoms with van der Waals surface area (Å²) < 4.78 is 33.3. The molecular formula is C42H78NO7P. The van der Waals surface area contributed by atoms with E-state index in [0.29, 0.717) is 13.0 Å². The van der Waals surface area contributed by atoms with E-state index in [1.54, 1.807) is 0 Å². The summed E-state index contributed by atoms with van der Waals surface area (Å²) in [6.45, 7) is 4.72. The molecule has 0 heterocycles. The van der Waals surface area contributed by atoms with Crippen LogP contribution in [-0.4, -0.2) is 49.9 Å². The van der Waals surface area contributed by atoms with E-state index in [1.807, 2.05) is 12.2 Å². The van der Waals surface area contributed by atoms with Gasteiger partial charge in [0.2, 0.25) is 0 Å². The lowest BCUT2D eigenvalue weighted by molar-refractivity contribution is -0.154. The third kappa shape index (κ3) is 39.5. The standard InChI is InChI=1S/C42H78NO7P/c1-3-5-7-9-11-13-15-17-18-19-20-21-22-24-26-28-30-32-34-37-47-39-41(40-49-51(45,46)48-38-36-43)50-42(44)35-33-31-29-27-25-23-16-14-12-10-8-6-4-2/h6,8,12,14,23,25,29,31,41H,3-5,7,9-11,13,15-22,24,26-28,30,32-40,43H2,1-2H3,(H,45,46)/b8-6-,14-12-,25-23-,31-29-. The van der Waals surface area contributed by atoms with Crippen LogP contribution < -0.4 is 5.73 Å². The molecule has 0 aliphatic rings. The van der Waals surface area contributed by atoms with Crippen LogP contribution in [0.4, 0.5) is 0 Å². The van der Waals surface area contributed by atoms with Gasteiger partial charge in [-0.05, 0) is 38.5 Å². The highest BCUT2D eigenvalue weighted by atomic mass is 31.2. The molecule has 8 nitrogen and oxygen atoms in total. The monoisotopic (exact) mass is 740 g/mol. The minimum absolute atomic E-state index is 0.0889. The number of carbonyl (C=O) groups excluding carboxylic acids is 1. The number of ether oxygens (including phenoxy) is 2. The molecule has 0 aliphatic heterocycles. The van der Waals surface area contributed by atoms with Crippen LogP contribution in [0.25, 0.3) is 0 Å². The predicted molar refractivity (Wildman–Crippen MR) is 215 cm³/mol. The maximum absolute atomic E-state index is 12.5. The number of allylic oxidation sites excluding steroid dienone is 8. The Morgan fingerprint density at radius 3 is 1.53 bits per heavy atom. The molecule has 0 amide bonds. The van der Waals surface area contributed by atoms with Crippen molar-refractivity contribution in [3.05, 3.63) is 48.6 Å². The minimum atomic E-state index is -4.29. The van der Waals surface area contributed by atoms with E-state index in [1.165, 1.54) is 109 Å². The Labute approximate surface area is 313 Å². The zero-order chi connectivity index (χ0) is 37.4. The topological polar surface area (TPSA) is 117 Å². The van der Waals surface area contributed by atoms with Crippen molar-refractivity contribution in [2.24, 2.45) is 5.73 Å². The van der Waals surface area contributed by atoms with Crippen molar-refractivity contribution in [2.45, 2.75) is 180 Å². The highest BCUT2D eigenvalue weighted by Crippen LogP contribution is 2.43. The average Bonchev–Trinajstić information content (AvgIpc) is 3.12. The lowest BCUT2D eigenvalue weighted by atomic mass is 10.0. The lowest BCUT2D eigenvalue weighted by Crippen LogP contribution is -2.28. The summed E-state index contributed by atoms with van der Waals surface area (Å²) in [6.07, 6.45) is 45.8. The second-order valence-corrected chi connectivity index (χ2v) is 14.9. The van der Waals surface area contributed by atoms with Crippen LogP contribution in [0.5, 0.6) is 0 Å². The molecule has 3 N–H and O–H groups in total. The summed E-state index contributed by atoms with van der Waals surface area (Å²) in [5.74, 6) is -0.409. The molecule has 0 radical (unpaired) electrons. The van der Waals surface area contributed by atoms with Gasteiger partial charge in [-0.15, -0.1) is 0 Å². The number of phosphoric acid groups is 1. The van der Waals surface area contributed by atoms with Gasteiger partial charge in [-0.2, -0.15) is 0 Å². The molecule has 2 atom stereocenters.